The van der Waals surface area contributed by atoms with Crippen molar-refractivity contribution in [3.05, 3.63) is 47.8 Å². The number of hydrogen-bond donors (Lipinski definition) is 3. The third-order valence-electron chi connectivity index (χ3n) is 2.52. The molecule has 1 unspecified atom stereocenters. The number of nitrogens with two attached hydrogens (primary N) is 1. The highest BCUT2D eigenvalue weighted by atomic mass is 16.1. The Balaban J connectivity index is 2.07. The van der Waals surface area contributed by atoms with E-state index in [2.05, 4.69) is 15.5 Å². The van der Waals surface area contributed by atoms with E-state index in [4.69, 9.17) is 5.73 Å². The molecule has 0 fully saturated rings. The first-order valence-corrected chi connectivity index (χ1v) is 5.32. The van der Waals surface area contributed by atoms with Crippen molar-refractivity contribution in [1.29, 1.82) is 0 Å². The summed E-state index contributed by atoms with van der Waals surface area (Å²) in [5, 5.41) is 9.20. The molecular formula is C12H14N4O. The predicted octanol–water partition coefficient (Wildman–Crippen LogP) is 1.48. The molecule has 1 amide bonds. The fourth-order valence-electron chi connectivity index (χ4n) is 1.57. The van der Waals surface area contributed by atoms with Gasteiger partial charge in [-0.1, -0.05) is 12.1 Å². The second-order valence-electron chi connectivity index (χ2n) is 3.85. The molecule has 0 aliphatic carbocycles. The SMILES string of the molecule is CC(NC(=O)c1cn[nH]c1)c1cccc(N)c1. The summed E-state index contributed by atoms with van der Waals surface area (Å²) in [6.45, 7) is 1.91. The molecule has 1 atom stereocenters. The number of carbonyl (C=O) groups is 1. The normalized spacial score (nSPS) is 12.1. The number of hydrogen-bond acceptors (Lipinski definition) is 3. The quantitative estimate of drug-likeness (QED) is 0.698. The molecule has 88 valence electrons. The van der Waals surface area contributed by atoms with Gasteiger partial charge in [0.2, 0.25) is 0 Å². The van der Waals surface area contributed by atoms with Gasteiger partial charge in [0.15, 0.2) is 0 Å². The highest BCUT2D eigenvalue weighted by Crippen LogP contribution is 2.15. The van der Waals surface area contributed by atoms with Crippen LogP contribution in [0.3, 0.4) is 0 Å². The largest absolute Gasteiger partial charge is 0.399 e. The lowest BCUT2D eigenvalue weighted by molar-refractivity contribution is 0.0940. The lowest BCUT2D eigenvalue weighted by Crippen LogP contribution is -2.26. The van der Waals surface area contributed by atoms with Crippen molar-refractivity contribution in [3.8, 4) is 0 Å². The van der Waals surface area contributed by atoms with Crippen LogP contribution in [-0.2, 0) is 0 Å². The number of nitrogen functional groups attached to an aromatic ring is 1. The van der Waals surface area contributed by atoms with E-state index < -0.39 is 0 Å². The summed E-state index contributed by atoms with van der Waals surface area (Å²) in [5.74, 6) is -0.159. The molecule has 17 heavy (non-hydrogen) atoms. The van der Waals surface area contributed by atoms with Gasteiger partial charge in [0.1, 0.15) is 0 Å². The molecule has 0 spiro atoms. The van der Waals surface area contributed by atoms with Crippen molar-refractivity contribution < 1.29 is 4.79 Å². The molecule has 5 heteroatoms. The first kappa shape index (κ1) is 11.2. The zero-order valence-corrected chi connectivity index (χ0v) is 9.47. The Morgan fingerprint density at radius 3 is 3.00 bits per heavy atom. The second-order valence-corrected chi connectivity index (χ2v) is 3.85. The van der Waals surface area contributed by atoms with Crippen molar-refractivity contribution in [2.75, 3.05) is 5.73 Å². The van der Waals surface area contributed by atoms with Crippen molar-refractivity contribution in [2.24, 2.45) is 0 Å². The van der Waals surface area contributed by atoms with E-state index in [1.165, 1.54) is 6.20 Å². The Morgan fingerprint density at radius 1 is 1.53 bits per heavy atom. The van der Waals surface area contributed by atoms with Gasteiger partial charge in [-0.25, -0.2) is 0 Å². The third kappa shape index (κ3) is 2.63. The number of carbonyl (C=O) groups excluding carboxylic acids is 1. The van der Waals surface area contributed by atoms with E-state index in [1.807, 2.05) is 31.2 Å². The molecule has 1 heterocycles. The van der Waals surface area contributed by atoms with Gasteiger partial charge in [-0.3, -0.25) is 9.89 Å². The number of nitrogens with zero attached hydrogens (tertiary/aromatic N) is 1. The van der Waals surface area contributed by atoms with E-state index >= 15 is 0 Å². The summed E-state index contributed by atoms with van der Waals surface area (Å²) < 4.78 is 0. The highest BCUT2D eigenvalue weighted by molar-refractivity contribution is 5.93. The Morgan fingerprint density at radius 2 is 2.35 bits per heavy atom. The zero-order valence-electron chi connectivity index (χ0n) is 9.47. The smallest absolute Gasteiger partial charge is 0.254 e. The topological polar surface area (TPSA) is 83.8 Å². The van der Waals surface area contributed by atoms with Gasteiger partial charge >= 0.3 is 0 Å². The second kappa shape index (κ2) is 4.69. The average molecular weight is 230 g/mol. The Kier molecular flexibility index (Phi) is 3.09. The minimum absolute atomic E-state index is 0.0964. The van der Waals surface area contributed by atoms with Crippen molar-refractivity contribution in [1.82, 2.24) is 15.5 Å². The molecule has 0 saturated heterocycles. The minimum atomic E-state index is -0.159. The molecule has 0 bridgehead atoms. The van der Waals surface area contributed by atoms with E-state index in [0.717, 1.165) is 5.56 Å². The number of anilines is 1. The molecule has 0 aliphatic heterocycles. The molecule has 1 aromatic carbocycles. The Hall–Kier alpha value is -2.30. The summed E-state index contributed by atoms with van der Waals surface area (Å²) >= 11 is 0. The van der Waals surface area contributed by atoms with Crippen LogP contribution in [0.1, 0.15) is 28.9 Å². The molecule has 5 nitrogen and oxygen atoms in total. The van der Waals surface area contributed by atoms with Crippen LogP contribution >= 0.6 is 0 Å². The number of amides is 1. The van der Waals surface area contributed by atoms with E-state index in [9.17, 15) is 4.79 Å². The van der Waals surface area contributed by atoms with Crippen molar-refractivity contribution in [3.63, 3.8) is 0 Å². The first-order valence-electron chi connectivity index (χ1n) is 5.32. The lowest BCUT2D eigenvalue weighted by atomic mass is 10.1. The summed E-state index contributed by atoms with van der Waals surface area (Å²) in [6.07, 6.45) is 3.04. The number of aromatic nitrogens is 2. The van der Waals surface area contributed by atoms with Gasteiger partial charge < -0.3 is 11.1 Å². The number of rotatable bonds is 3. The van der Waals surface area contributed by atoms with Crippen LogP contribution in [0, 0.1) is 0 Å². The van der Waals surface area contributed by atoms with Gasteiger partial charge in [-0.05, 0) is 24.6 Å². The molecular weight excluding hydrogens is 216 g/mol. The summed E-state index contributed by atoms with van der Waals surface area (Å²) in [6, 6.07) is 7.36. The van der Waals surface area contributed by atoms with Gasteiger partial charge in [0.25, 0.3) is 5.91 Å². The number of aromatic amines is 1. The highest BCUT2D eigenvalue weighted by Gasteiger charge is 2.11. The predicted molar refractivity (Wildman–Crippen MR) is 65.3 cm³/mol. The maximum absolute atomic E-state index is 11.8. The monoisotopic (exact) mass is 230 g/mol. The minimum Gasteiger partial charge on any atom is -0.399 e. The molecule has 0 radical (unpaired) electrons. The maximum Gasteiger partial charge on any atom is 0.254 e. The molecule has 0 saturated carbocycles. The van der Waals surface area contributed by atoms with Crippen LogP contribution in [0.4, 0.5) is 5.69 Å². The van der Waals surface area contributed by atoms with Crippen LogP contribution in [-0.4, -0.2) is 16.1 Å². The first-order chi connectivity index (χ1) is 8.16. The average Bonchev–Trinajstić information content (AvgIpc) is 2.82. The van der Waals surface area contributed by atoms with Crippen LogP contribution in [0.25, 0.3) is 0 Å². The van der Waals surface area contributed by atoms with E-state index in [1.54, 1.807) is 6.20 Å². The van der Waals surface area contributed by atoms with Gasteiger partial charge in [0, 0.05) is 11.9 Å². The van der Waals surface area contributed by atoms with Crippen LogP contribution in [0.5, 0.6) is 0 Å². The molecule has 4 N–H and O–H groups in total. The standard InChI is InChI=1S/C12H14N4O/c1-8(9-3-2-4-11(13)5-9)16-12(17)10-6-14-15-7-10/h2-8H,13H2,1H3,(H,14,15)(H,16,17). The summed E-state index contributed by atoms with van der Waals surface area (Å²) in [4.78, 5) is 11.8. The third-order valence-corrected chi connectivity index (χ3v) is 2.52. The zero-order chi connectivity index (χ0) is 12.3. The van der Waals surface area contributed by atoms with E-state index in [0.29, 0.717) is 11.3 Å². The van der Waals surface area contributed by atoms with Gasteiger partial charge in [0.05, 0.1) is 17.8 Å². The number of benzene rings is 1. The molecule has 2 aromatic rings. The maximum atomic E-state index is 11.8. The lowest BCUT2D eigenvalue weighted by Gasteiger charge is -2.14. The fourth-order valence-corrected chi connectivity index (χ4v) is 1.57. The summed E-state index contributed by atoms with van der Waals surface area (Å²) in [7, 11) is 0. The molecule has 0 aliphatic rings. The summed E-state index contributed by atoms with van der Waals surface area (Å²) in [5.41, 5.74) is 7.87. The van der Waals surface area contributed by atoms with Gasteiger partial charge in [-0.2, -0.15) is 5.10 Å². The molecule has 2 rings (SSSR count). The molecule has 1 aromatic heterocycles. The Bertz CT molecular complexity index is 507. The van der Waals surface area contributed by atoms with Crippen molar-refractivity contribution >= 4 is 11.6 Å². The Labute approximate surface area is 99.0 Å². The van der Waals surface area contributed by atoms with E-state index in [-0.39, 0.29) is 11.9 Å². The number of H-pyrrole nitrogens is 1. The van der Waals surface area contributed by atoms with Crippen molar-refractivity contribution in [2.45, 2.75) is 13.0 Å². The van der Waals surface area contributed by atoms with Crippen LogP contribution in [0.15, 0.2) is 36.7 Å². The fraction of sp³-hybridized carbons (Fsp3) is 0.167. The number of nitrogens with one attached hydrogen (secondary N) is 2. The van der Waals surface area contributed by atoms with Crippen LogP contribution < -0.4 is 11.1 Å². The van der Waals surface area contributed by atoms with Gasteiger partial charge in [-0.15, -0.1) is 0 Å². The van der Waals surface area contributed by atoms with Crippen LogP contribution in [0.2, 0.25) is 0 Å².